The van der Waals surface area contributed by atoms with Crippen LogP contribution < -0.4 is 4.90 Å². The Labute approximate surface area is 280 Å². The van der Waals surface area contributed by atoms with Crippen molar-refractivity contribution in [2.24, 2.45) is 5.41 Å². The standard InChI is InChI=1S/C41H36N4O3/c46-38-40(23-25-43(30-40)39(47)48-29-31-13-5-1-6-14-31)24-26-44(38)36-21-22-37-32(27-36)28-42-45(37)41(33-15-7-2-8-16-33,34-17-9-3-10-18-34)35-19-11-4-12-20-35/h1-22,27-28H,23-26,29-30H2/t40-/m0/s1. The smallest absolute Gasteiger partial charge is 0.410 e. The van der Waals surface area contributed by atoms with Gasteiger partial charge in [0.15, 0.2) is 0 Å². The van der Waals surface area contributed by atoms with Crippen LogP contribution in [-0.2, 0) is 21.7 Å². The third-order valence-corrected chi connectivity index (χ3v) is 10.1. The van der Waals surface area contributed by atoms with E-state index in [-0.39, 0.29) is 18.6 Å². The van der Waals surface area contributed by atoms with Gasteiger partial charge in [-0.1, -0.05) is 121 Å². The fourth-order valence-corrected chi connectivity index (χ4v) is 7.64. The van der Waals surface area contributed by atoms with E-state index in [1.54, 1.807) is 4.90 Å². The average molecular weight is 633 g/mol. The fraction of sp³-hybridized carbons (Fsp3) is 0.195. The molecule has 0 bridgehead atoms. The summed E-state index contributed by atoms with van der Waals surface area (Å²) in [5.74, 6) is 0.0693. The molecule has 1 spiro atoms. The van der Waals surface area contributed by atoms with E-state index >= 15 is 0 Å². The third-order valence-electron chi connectivity index (χ3n) is 10.1. The van der Waals surface area contributed by atoms with Crippen LogP contribution in [0.25, 0.3) is 10.9 Å². The summed E-state index contributed by atoms with van der Waals surface area (Å²) in [5, 5.41) is 6.03. The molecule has 238 valence electrons. The van der Waals surface area contributed by atoms with Gasteiger partial charge in [0.25, 0.3) is 0 Å². The van der Waals surface area contributed by atoms with Crippen LogP contribution in [0.1, 0.15) is 35.1 Å². The number of hydrogen-bond donors (Lipinski definition) is 0. The number of hydrogen-bond acceptors (Lipinski definition) is 4. The second kappa shape index (κ2) is 12.2. The number of aromatic nitrogens is 2. The van der Waals surface area contributed by atoms with Gasteiger partial charge in [0.1, 0.15) is 12.1 Å². The molecule has 2 aliphatic heterocycles. The van der Waals surface area contributed by atoms with Crippen molar-refractivity contribution in [2.45, 2.75) is 25.0 Å². The molecule has 7 heteroatoms. The summed E-state index contributed by atoms with van der Waals surface area (Å²) in [6.07, 6.45) is 2.87. The Kier molecular flexibility index (Phi) is 7.52. The lowest BCUT2D eigenvalue weighted by atomic mass is 9.77. The number of fused-ring (bicyclic) bond motifs is 1. The number of nitrogens with zero attached hydrogens (tertiary/aromatic N) is 4. The maximum atomic E-state index is 14.1. The van der Waals surface area contributed by atoms with Gasteiger partial charge in [-0.05, 0) is 53.3 Å². The summed E-state index contributed by atoms with van der Waals surface area (Å²) in [7, 11) is 0. The van der Waals surface area contributed by atoms with Crippen molar-refractivity contribution in [1.29, 1.82) is 0 Å². The van der Waals surface area contributed by atoms with Crippen LogP contribution >= 0.6 is 0 Å². The van der Waals surface area contributed by atoms with Gasteiger partial charge in [-0.25, -0.2) is 9.48 Å². The summed E-state index contributed by atoms with van der Waals surface area (Å²) in [5.41, 5.74) is 4.72. The molecule has 1 atom stereocenters. The van der Waals surface area contributed by atoms with Crippen LogP contribution in [0.4, 0.5) is 10.5 Å². The molecule has 0 radical (unpaired) electrons. The minimum Gasteiger partial charge on any atom is -0.445 e. The maximum absolute atomic E-state index is 14.1. The highest BCUT2D eigenvalue weighted by molar-refractivity contribution is 6.02. The highest BCUT2D eigenvalue weighted by Gasteiger charge is 2.52. The van der Waals surface area contributed by atoms with Crippen molar-refractivity contribution in [3.05, 3.63) is 168 Å². The number of carbonyl (C=O) groups is 2. The second-order valence-corrected chi connectivity index (χ2v) is 12.8. The minimum atomic E-state index is -0.733. The lowest BCUT2D eigenvalue weighted by Crippen LogP contribution is -2.38. The quantitative estimate of drug-likeness (QED) is 0.170. The van der Waals surface area contributed by atoms with E-state index in [2.05, 4.69) is 89.6 Å². The summed E-state index contributed by atoms with van der Waals surface area (Å²) in [6.45, 7) is 1.72. The molecule has 48 heavy (non-hydrogen) atoms. The summed E-state index contributed by atoms with van der Waals surface area (Å²) < 4.78 is 7.71. The Morgan fingerprint density at radius 1 is 0.729 bits per heavy atom. The van der Waals surface area contributed by atoms with Crippen molar-refractivity contribution in [3.63, 3.8) is 0 Å². The monoisotopic (exact) mass is 632 g/mol. The fourth-order valence-electron chi connectivity index (χ4n) is 7.64. The van der Waals surface area contributed by atoms with E-state index in [0.717, 1.165) is 38.8 Å². The number of carbonyl (C=O) groups excluding carboxylic acids is 2. The molecule has 0 aliphatic carbocycles. The predicted molar refractivity (Wildman–Crippen MR) is 187 cm³/mol. The van der Waals surface area contributed by atoms with Gasteiger partial charge < -0.3 is 14.5 Å². The van der Waals surface area contributed by atoms with Gasteiger partial charge in [0, 0.05) is 30.7 Å². The van der Waals surface area contributed by atoms with Gasteiger partial charge in [-0.3, -0.25) is 4.79 Å². The van der Waals surface area contributed by atoms with Crippen LogP contribution in [0, 0.1) is 5.41 Å². The zero-order chi connectivity index (χ0) is 32.6. The normalized spacial score (nSPS) is 17.8. The first-order chi connectivity index (χ1) is 23.6. The van der Waals surface area contributed by atoms with E-state index in [0.29, 0.717) is 32.5 Å². The Morgan fingerprint density at radius 3 is 1.90 bits per heavy atom. The largest absolute Gasteiger partial charge is 0.445 e. The SMILES string of the molecule is O=C(OCc1ccccc1)N1CC[C@]2(CCN(c3ccc4c(cnn4C(c4ccccc4)(c4ccccc4)c4ccccc4)c3)C2=O)C1. The summed E-state index contributed by atoms with van der Waals surface area (Å²) in [4.78, 5) is 30.6. The number of ether oxygens (including phenoxy) is 1. The van der Waals surface area contributed by atoms with Crippen LogP contribution in [-0.4, -0.2) is 46.3 Å². The zero-order valence-corrected chi connectivity index (χ0v) is 26.6. The molecular weight excluding hydrogens is 596 g/mol. The molecule has 1 aromatic heterocycles. The topological polar surface area (TPSA) is 67.7 Å². The second-order valence-electron chi connectivity index (χ2n) is 12.8. The molecule has 2 saturated heterocycles. The average Bonchev–Trinajstić information content (AvgIpc) is 3.87. The summed E-state index contributed by atoms with van der Waals surface area (Å²) >= 11 is 0. The van der Waals surface area contributed by atoms with Crippen LogP contribution in [0.3, 0.4) is 0 Å². The minimum absolute atomic E-state index is 0.0693. The Morgan fingerprint density at radius 2 is 1.29 bits per heavy atom. The highest BCUT2D eigenvalue weighted by Crippen LogP contribution is 2.45. The van der Waals surface area contributed by atoms with E-state index in [1.165, 1.54) is 0 Å². The first kappa shape index (κ1) is 29.7. The lowest BCUT2D eigenvalue weighted by Gasteiger charge is -2.37. The van der Waals surface area contributed by atoms with E-state index in [1.807, 2.05) is 65.7 Å². The van der Waals surface area contributed by atoms with Gasteiger partial charge in [-0.15, -0.1) is 0 Å². The highest BCUT2D eigenvalue weighted by atomic mass is 16.6. The van der Waals surface area contributed by atoms with E-state index < -0.39 is 11.0 Å². The molecule has 7 nitrogen and oxygen atoms in total. The zero-order valence-electron chi connectivity index (χ0n) is 26.6. The Bertz CT molecular complexity index is 1970. The Balaban J connectivity index is 1.10. The van der Waals surface area contributed by atoms with Gasteiger partial charge >= 0.3 is 6.09 Å². The summed E-state index contributed by atoms with van der Waals surface area (Å²) in [6, 6.07) is 47.3. The molecule has 8 rings (SSSR count). The number of benzene rings is 5. The van der Waals surface area contributed by atoms with Crippen molar-refractivity contribution in [3.8, 4) is 0 Å². The molecule has 0 N–H and O–H groups in total. The molecule has 0 saturated carbocycles. The number of amides is 2. The third kappa shape index (κ3) is 4.94. The van der Waals surface area contributed by atoms with Crippen molar-refractivity contribution < 1.29 is 14.3 Å². The van der Waals surface area contributed by atoms with Gasteiger partial charge in [0.05, 0.1) is 17.1 Å². The molecule has 2 fully saturated rings. The van der Waals surface area contributed by atoms with Crippen LogP contribution in [0.2, 0.25) is 0 Å². The molecule has 2 aliphatic rings. The predicted octanol–water partition coefficient (Wildman–Crippen LogP) is 7.64. The number of anilines is 1. The molecule has 5 aromatic carbocycles. The molecule has 0 unspecified atom stereocenters. The van der Waals surface area contributed by atoms with E-state index in [4.69, 9.17) is 9.84 Å². The number of likely N-dealkylation sites (tertiary alicyclic amines) is 1. The van der Waals surface area contributed by atoms with E-state index in [9.17, 15) is 9.59 Å². The molecular formula is C41H36N4O3. The molecule has 6 aromatic rings. The lowest BCUT2D eigenvalue weighted by molar-refractivity contribution is -0.124. The molecule has 2 amide bonds. The Hall–Kier alpha value is -5.69. The maximum Gasteiger partial charge on any atom is 0.410 e. The van der Waals surface area contributed by atoms with Crippen molar-refractivity contribution in [2.75, 3.05) is 24.5 Å². The first-order valence-corrected chi connectivity index (χ1v) is 16.5. The van der Waals surface area contributed by atoms with Gasteiger partial charge in [-0.2, -0.15) is 5.10 Å². The van der Waals surface area contributed by atoms with Gasteiger partial charge in [0.2, 0.25) is 5.91 Å². The number of rotatable bonds is 7. The van der Waals surface area contributed by atoms with Crippen molar-refractivity contribution >= 4 is 28.6 Å². The van der Waals surface area contributed by atoms with Crippen LogP contribution in [0.15, 0.2) is 146 Å². The van der Waals surface area contributed by atoms with Crippen molar-refractivity contribution in [1.82, 2.24) is 14.7 Å². The van der Waals surface area contributed by atoms with Crippen LogP contribution in [0.5, 0.6) is 0 Å². The molecule has 3 heterocycles. The first-order valence-electron chi connectivity index (χ1n) is 16.5.